The molecule has 0 spiro atoms. The number of rotatable bonds is 6. The number of carbonyl (C=O) groups excluding carboxylic acids is 1. The van der Waals surface area contributed by atoms with Crippen molar-refractivity contribution in [3.05, 3.63) is 11.1 Å². The average Bonchev–Trinajstić information content (AvgIpc) is 3.08. The summed E-state index contributed by atoms with van der Waals surface area (Å²) in [5.41, 5.74) is 4.69. The Hall–Kier alpha value is -0.790. The average molecular weight is 443 g/mol. The molecular weight excluding hydrogens is 392 g/mol. The van der Waals surface area contributed by atoms with Crippen LogP contribution in [0.5, 0.6) is 0 Å². The summed E-state index contributed by atoms with van der Waals surface area (Å²) in [5.74, 6) is 4.81. The summed E-state index contributed by atoms with van der Waals surface area (Å²) >= 11 is 0. The van der Waals surface area contributed by atoms with Crippen LogP contribution in [0.2, 0.25) is 0 Å². The first-order valence-corrected chi connectivity index (χ1v) is 14.0. The van der Waals surface area contributed by atoms with E-state index >= 15 is 0 Å². The molecule has 0 heterocycles. The normalized spacial score (nSPS) is 41.0. The molecule has 3 saturated carbocycles. The first kappa shape index (κ1) is 24.3. The second kappa shape index (κ2) is 9.10. The highest BCUT2D eigenvalue weighted by Gasteiger charge is 2.55. The largest absolute Gasteiger partial charge is 0.463 e. The molecule has 8 atom stereocenters. The quantitative estimate of drug-likeness (QED) is 0.305. The molecule has 4 aliphatic rings. The number of hydrogen-bond donors (Lipinski definition) is 0. The topological polar surface area (TPSA) is 26.3 Å². The van der Waals surface area contributed by atoms with Crippen molar-refractivity contribution in [2.75, 3.05) is 0 Å². The maximum atomic E-state index is 11.5. The lowest BCUT2D eigenvalue weighted by atomic mass is 9.48. The molecule has 0 bridgehead atoms. The maximum absolute atomic E-state index is 11.5. The van der Waals surface area contributed by atoms with E-state index in [-0.39, 0.29) is 12.1 Å². The molecule has 2 heteroatoms. The maximum Gasteiger partial charge on any atom is 0.302 e. The molecule has 4 rings (SSSR count). The minimum absolute atomic E-state index is 0.0976. The Morgan fingerprint density at radius 3 is 2.44 bits per heavy atom. The van der Waals surface area contributed by atoms with Crippen molar-refractivity contribution in [3.8, 4) is 0 Å². The smallest absolute Gasteiger partial charge is 0.302 e. The van der Waals surface area contributed by atoms with Crippen LogP contribution in [0, 0.1) is 46.3 Å². The molecule has 0 radical (unpaired) electrons. The van der Waals surface area contributed by atoms with Gasteiger partial charge in [0.05, 0.1) is 0 Å². The minimum Gasteiger partial charge on any atom is -0.463 e. The lowest BCUT2D eigenvalue weighted by molar-refractivity contribution is -0.152. The van der Waals surface area contributed by atoms with Crippen molar-refractivity contribution in [2.24, 2.45) is 46.3 Å². The molecule has 0 N–H and O–H groups in total. The number of ether oxygens (including phenoxy) is 1. The molecule has 2 nitrogen and oxygen atoms in total. The monoisotopic (exact) mass is 442 g/mol. The van der Waals surface area contributed by atoms with Crippen LogP contribution >= 0.6 is 0 Å². The first-order chi connectivity index (χ1) is 15.1. The molecular formula is C30H50O2. The van der Waals surface area contributed by atoms with Crippen LogP contribution in [0.4, 0.5) is 0 Å². The van der Waals surface area contributed by atoms with Crippen molar-refractivity contribution in [1.82, 2.24) is 0 Å². The van der Waals surface area contributed by atoms with Gasteiger partial charge in [0, 0.05) is 6.92 Å². The van der Waals surface area contributed by atoms with E-state index in [2.05, 4.69) is 41.5 Å². The minimum atomic E-state index is -0.0976. The molecule has 32 heavy (non-hydrogen) atoms. The van der Waals surface area contributed by atoms with Gasteiger partial charge in [-0.15, -0.1) is 0 Å². The molecule has 0 unspecified atom stereocenters. The Morgan fingerprint density at radius 1 is 1.00 bits per heavy atom. The predicted octanol–water partition coefficient (Wildman–Crippen LogP) is 8.35. The van der Waals surface area contributed by atoms with Crippen LogP contribution in [-0.2, 0) is 9.53 Å². The standard InChI is InChI=1S/C30H50O2/c1-19(2)20(3)8-9-21(4)26-12-13-27-25-11-10-23-18-24(32-22(5)31)14-16-29(23,6)28(25)15-17-30(26,27)7/h19-21,23-24,26,28H,8-18H2,1-7H3/t20-,21-,23+,24+,26-,28+,29+,30-/m1/s1. The van der Waals surface area contributed by atoms with E-state index in [1.54, 1.807) is 6.92 Å². The highest BCUT2D eigenvalue weighted by atomic mass is 16.5. The predicted molar refractivity (Wildman–Crippen MR) is 133 cm³/mol. The van der Waals surface area contributed by atoms with Gasteiger partial charge in [-0.1, -0.05) is 65.5 Å². The third-order valence-electron chi connectivity index (χ3n) is 11.3. The fraction of sp³-hybridized carbons (Fsp3) is 0.900. The first-order valence-electron chi connectivity index (χ1n) is 14.0. The van der Waals surface area contributed by atoms with Gasteiger partial charge in [0.1, 0.15) is 6.10 Å². The van der Waals surface area contributed by atoms with Crippen LogP contribution in [0.1, 0.15) is 119 Å². The van der Waals surface area contributed by atoms with E-state index in [0.717, 1.165) is 48.3 Å². The Bertz CT molecular complexity index is 735. The SMILES string of the molecule is CC(=O)O[C@H]1CC[C@@]2(C)[C@@H](CCC3=C4CC[C@H]([C@H](C)CC[C@@H](C)C(C)C)[C@@]4(C)CC[C@@H]32)C1. The molecule has 0 aromatic heterocycles. The Balaban J connectivity index is 1.50. The summed E-state index contributed by atoms with van der Waals surface area (Å²) in [6.07, 6.45) is 14.6. The fourth-order valence-electron chi connectivity index (χ4n) is 8.80. The summed E-state index contributed by atoms with van der Waals surface area (Å²) < 4.78 is 5.65. The van der Waals surface area contributed by atoms with Crippen molar-refractivity contribution < 1.29 is 9.53 Å². The molecule has 0 aliphatic heterocycles. The summed E-state index contributed by atoms with van der Waals surface area (Å²) in [6, 6.07) is 0. The third kappa shape index (κ3) is 4.22. The molecule has 0 saturated heterocycles. The highest BCUT2D eigenvalue weighted by Crippen LogP contribution is 2.66. The van der Waals surface area contributed by atoms with Gasteiger partial charge in [0.15, 0.2) is 0 Å². The van der Waals surface area contributed by atoms with Crippen molar-refractivity contribution in [3.63, 3.8) is 0 Å². The van der Waals surface area contributed by atoms with Crippen LogP contribution in [0.25, 0.3) is 0 Å². The number of hydrogen-bond acceptors (Lipinski definition) is 2. The second-order valence-electron chi connectivity index (χ2n) is 13.2. The zero-order valence-corrected chi connectivity index (χ0v) is 22.1. The summed E-state index contributed by atoms with van der Waals surface area (Å²) in [4.78, 5) is 11.5. The second-order valence-corrected chi connectivity index (χ2v) is 13.2. The van der Waals surface area contributed by atoms with E-state index in [4.69, 9.17) is 4.74 Å². The zero-order valence-electron chi connectivity index (χ0n) is 22.1. The van der Waals surface area contributed by atoms with Gasteiger partial charge in [-0.3, -0.25) is 4.79 Å². The lowest BCUT2D eigenvalue weighted by Gasteiger charge is -2.57. The fourth-order valence-corrected chi connectivity index (χ4v) is 8.80. The molecule has 0 aromatic rings. The van der Waals surface area contributed by atoms with E-state index in [0.29, 0.717) is 10.8 Å². The lowest BCUT2D eigenvalue weighted by Crippen LogP contribution is -2.48. The van der Waals surface area contributed by atoms with Gasteiger partial charge >= 0.3 is 5.97 Å². The van der Waals surface area contributed by atoms with Crippen LogP contribution < -0.4 is 0 Å². The number of esters is 1. The zero-order chi connectivity index (χ0) is 23.3. The Kier molecular flexibility index (Phi) is 6.92. The van der Waals surface area contributed by atoms with Gasteiger partial charge in [-0.2, -0.15) is 0 Å². The summed E-state index contributed by atoms with van der Waals surface area (Å²) in [6.45, 7) is 16.6. The molecule has 182 valence electrons. The number of allylic oxidation sites excluding steroid dienone is 2. The molecule has 4 aliphatic carbocycles. The number of fused-ring (bicyclic) bond motifs is 4. The molecule has 3 fully saturated rings. The van der Waals surface area contributed by atoms with Gasteiger partial charge in [0.25, 0.3) is 0 Å². The highest BCUT2D eigenvalue weighted by molar-refractivity contribution is 5.66. The van der Waals surface area contributed by atoms with E-state index in [1.165, 1.54) is 57.8 Å². The van der Waals surface area contributed by atoms with E-state index in [9.17, 15) is 4.79 Å². The van der Waals surface area contributed by atoms with Crippen molar-refractivity contribution >= 4 is 5.97 Å². The third-order valence-corrected chi connectivity index (χ3v) is 11.3. The number of carbonyl (C=O) groups is 1. The van der Waals surface area contributed by atoms with Crippen LogP contribution in [-0.4, -0.2) is 12.1 Å². The summed E-state index contributed by atoms with van der Waals surface area (Å²) in [5, 5.41) is 0. The molecule has 0 amide bonds. The van der Waals surface area contributed by atoms with Gasteiger partial charge < -0.3 is 4.74 Å². The molecule has 0 aromatic carbocycles. The Morgan fingerprint density at radius 2 is 1.75 bits per heavy atom. The van der Waals surface area contributed by atoms with Crippen LogP contribution in [0.3, 0.4) is 0 Å². The van der Waals surface area contributed by atoms with Crippen molar-refractivity contribution in [2.45, 2.75) is 125 Å². The van der Waals surface area contributed by atoms with Gasteiger partial charge in [0.2, 0.25) is 0 Å². The Labute approximate surface area is 198 Å². The van der Waals surface area contributed by atoms with E-state index < -0.39 is 0 Å². The van der Waals surface area contributed by atoms with Gasteiger partial charge in [-0.25, -0.2) is 0 Å². The van der Waals surface area contributed by atoms with Gasteiger partial charge in [-0.05, 0) is 104 Å². The van der Waals surface area contributed by atoms with Crippen molar-refractivity contribution in [1.29, 1.82) is 0 Å². The van der Waals surface area contributed by atoms with E-state index in [1.807, 2.05) is 11.1 Å². The summed E-state index contributed by atoms with van der Waals surface area (Å²) in [7, 11) is 0. The van der Waals surface area contributed by atoms with Crippen LogP contribution in [0.15, 0.2) is 11.1 Å².